The molecule has 0 spiro atoms. The van der Waals surface area contributed by atoms with Gasteiger partial charge in [0.05, 0.1) is 13.2 Å². The minimum atomic E-state index is -1.39. The van der Waals surface area contributed by atoms with Crippen molar-refractivity contribution >= 4 is 23.8 Å². The quantitative estimate of drug-likeness (QED) is 0.0355. The number of hydrogen-bond donors (Lipinski definition) is 4. The molecule has 9 nitrogen and oxygen atoms in total. The van der Waals surface area contributed by atoms with Gasteiger partial charge in [-0.15, -0.1) is 0 Å². The van der Waals surface area contributed by atoms with E-state index in [9.17, 15) is 19.2 Å². The highest BCUT2D eigenvalue weighted by Gasteiger charge is 2.18. The van der Waals surface area contributed by atoms with Crippen LogP contribution in [0, 0.1) is 0 Å². The number of aliphatic carboxylic acids is 1. The summed E-state index contributed by atoms with van der Waals surface area (Å²) in [5.74, 6) is -2.43. The summed E-state index contributed by atoms with van der Waals surface area (Å²) in [4.78, 5) is 47.2. The van der Waals surface area contributed by atoms with Crippen LogP contribution >= 0.6 is 0 Å². The van der Waals surface area contributed by atoms with Crippen LogP contribution in [0.5, 0.6) is 0 Å². The Bertz CT molecular complexity index is 828. The first-order valence-electron chi connectivity index (χ1n) is 17.7. The summed E-state index contributed by atoms with van der Waals surface area (Å²) in [6, 6.07) is -1.39. The summed E-state index contributed by atoms with van der Waals surface area (Å²) >= 11 is 0. The van der Waals surface area contributed by atoms with E-state index in [2.05, 4.69) is 42.7 Å². The number of carbonyl (C=O) groups excluding carboxylic acids is 3. The number of esters is 1. The van der Waals surface area contributed by atoms with Crippen LogP contribution in [-0.2, 0) is 23.9 Å². The summed E-state index contributed by atoms with van der Waals surface area (Å²) in [6.07, 6.45) is 30.8. The minimum Gasteiger partial charge on any atom is -0.480 e. The number of rotatable bonds is 31. The highest BCUT2D eigenvalue weighted by atomic mass is 16.5. The lowest BCUT2D eigenvalue weighted by molar-refractivity contribution is -0.147. The molecule has 0 saturated heterocycles. The van der Waals surface area contributed by atoms with Gasteiger partial charge in [0.2, 0.25) is 11.8 Å². The number of carbonyl (C=O) groups is 4. The maximum atomic E-state index is 12.6. The van der Waals surface area contributed by atoms with Crippen LogP contribution in [-0.4, -0.2) is 59.3 Å². The van der Waals surface area contributed by atoms with Gasteiger partial charge in [0.15, 0.2) is 0 Å². The number of allylic oxidation sites excluding steroid dienone is 3. The van der Waals surface area contributed by atoms with Crippen molar-refractivity contribution < 1.29 is 34.1 Å². The van der Waals surface area contributed by atoms with Crippen molar-refractivity contribution in [3.05, 3.63) is 24.3 Å². The maximum Gasteiger partial charge on any atom is 0.328 e. The monoisotopic (exact) mass is 636 g/mol. The van der Waals surface area contributed by atoms with E-state index in [1.165, 1.54) is 70.6 Å². The molecule has 0 fully saturated rings. The van der Waals surface area contributed by atoms with E-state index in [1.807, 2.05) is 6.08 Å². The fraction of sp³-hybridized carbons (Fsp3) is 0.778. The third kappa shape index (κ3) is 28.5. The first-order valence-corrected chi connectivity index (χ1v) is 17.7. The third-order valence-electron chi connectivity index (χ3n) is 7.69. The van der Waals surface area contributed by atoms with Crippen LogP contribution < -0.4 is 10.6 Å². The molecule has 0 aromatic heterocycles. The molecule has 0 aliphatic rings. The van der Waals surface area contributed by atoms with Crippen molar-refractivity contribution in [2.45, 2.75) is 167 Å². The van der Waals surface area contributed by atoms with Gasteiger partial charge in [0.1, 0.15) is 12.1 Å². The predicted molar refractivity (Wildman–Crippen MR) is 181 cm³/mol. The zero-order valence-electron chi connectivity index (χ0n) is 28.4. The second-order valence-corrected chi connectivity index (χ2v) is 12.0. The molecule has 2 atom stereocenters. The standard InChI is InChI=1S/C36H64N2O7/c1-3-5-7-9-11-12-13-14-16-18-24-28-35(42)45-31(25-21-17-15-10-8-6-4-2)26-22-19-20-23-27-33(40)37-29-34(41)38-32(30-39)36(43)44/h10,15,21,25,31-32,39H,3-9,11-14,16-20,22-24,26-30H2,1-2H3,(H,37,40)(H,38,41)(H,43,44)/b15-10-,25-21-. The average Bonchev–Trinajstić information content (AvgIpc) is 3.02. The van der Waals surface area contributed by atoms with Gasteiger partial charge in [0, 0.05) is 12.8 Å². The van der Waals surface area contributed by atoms with Gasteiger partial charge in [-0.1, -0.05) is 122 Å². The zero-order chi connectivity index (χ0) is 33.4. The van der Waals surface area contributed by atoms with Crippen LogP contribution in [0.1, 0.15) is 155 Å². The number of aliphatic hydroxyl groups is 1. The first kappa shape index (κ1) is 42.3. The normalized spacial score (nSPS) is 12.8. The van der Waals surface area contributed by atoms with Crippen LogP contribution in [0.2, 0.25) is 0 Å². The van der Waals surface area contributed by atoms with Gasteiger partial charge in [-0.3, -0.25) is 14.4 Å². The van der Waals surface area contributed by atoms with Gasteiger partial charge in [-0.2, -0.15) is 0 Å². The zero-order valence-corrected chi connectivity index (χ0v) is 28.4. The van der Waals surface area contributed by atoms with Crippen LogP contribution in [0.3, 0.4) is 0 Å². The molecule has 0 rings (SSSR count). The Morgan fingerprint density at radius 2 is 1.27 bits per heavy atom. The number of carboxylic acids is 1. The Hall–Kier alpha value is -2.68. The molecule has 0 saturated carbocycles. The van der Waals surface area contributed by atoms with E-state index in [0.29, 0.717) is 12.8 Å². The lowest BCUT2D eigenvalue weighted by Crippen LogP contribution is -2.47. The largest absolute Gasteiger partial charge is 0.480 e. The Morgan fingerprint density at radius 3 is 1.87 bits per heavy atom. The number of ether oxygens (including phenoxy) is 1. The molecule has 2 unspecified atom stereocenters. The van der Waals surface area contributed by atoms with Crippen molar-refractivity contribution in [3.8, 4) is 0 Å². The fourth-order valence-electron chi connectivity index (χ4n) is 4.88. The summed E-state index contributed by atoms with van der Waals surface area (Å²) in [6.45, 7) is 3.37. The highest BCUT2D eigenvalue weighted by Crippen LogP contribution is 2.15. The van der Waals surface area contributed by atoms with Crippen LogP contribution in [0.4, 0.5) is 0 Å². The minimum absolute atomic E-state index is 0.131. The van der Waals surface area contributed by atoms with Gasteiger partial charge in [0.25, 0.3) is 0 Å². The van der Waals surface area contributed by atoms with Crippen molar-refractivity contribution in [1.82, 2.24) is 10.6 Å². The number of carboxylic acid groups (broad SMARTS) is 1. The Kier molecular flexibility index (Phi) is 29.4. The molecule has 0 radical (unpaired) electrons. The summed E-state index contributed by atoms with van der Waals surface area (Å²) in [5, 5.41) is 22.4. The van der Waals surface area contributed by atoms with Gasteiger partial charge >= 0.3 is 11.9 Å². The van der Waals surface area contributed by atoms with Crippen molar-refractivity contribution in [1.29, 1.82) is 0 Å². The molecule has 45 heavy (non-hydrogen) atoms. The molecule has 0 aromatic rings. The lowest BCUT2D eigenvalue weighted by Gasteiger charge is -2.15. The topological polar surface area (TPSA) is 142 Å². The van der Waals surface area contributed by atoms with Gasteiger partial charge < -0.3 is 25.6 Å². The van der Waals surface area contributed by atoms with Crippen LogP contribution in [0.25, 0.3) is 0 Å². The molecule has 4 N–H and O–H groups in total. The van der Waals surface area contributed by atoms with E-state index in [0.717, 1.165) is 51.4 Å². The van der Waals surface area contributed by atoms with E-state index >= 15 is 0 Å². The van der Waals surface area contributed by atoms with E-state index in [1.54, 1.807) is 0 Å². The molecule has 0 bridgehead atoms. The molecule has 0 aliphatic heterocycles. The Balaban J connectivity index is 4.31. The SMILES string of the molecule is CCCC/C=C\C/C=C\C(CCCCCCC(=O)NCC(=O)NC(CO)C(=O)O)OC(=O)CCCCCCCCCCCCC. The molecule has 0 aromatic carbocycles. The lowest BCUT2D eigenvalue weighted by atomic mass is 10.1. The van der Waals surface area contributed by atoms with E-state index in [4.69, 9.17) is 14.9 Å². The molecular weight excluding hydrogens is 572 g/mol. The maximum absolute atomic E-state index is 12.6. The second-order valence-electron chi connectivity index (χ2n) is 12.0. The summed E-state index contributed by atoms with van der Waals surface area (Å²) in [7, 11) is 0. The predicted octanol–water partition coefficient (Wildman–Crippen LogP) is 7.31. The van der Waals surface area contributed by atoms with Crippen LogP contribution in [0.15, 0.2) is 24.3 Å². The second kappa shape index (κ2) is 31.3. The van der Waals surface area contributed by atoms with Gasteiger partial charge in [-0.25, -0.2) is 4.79 Å². The molecule has 2 amide bonds. The number of amides is 2. The highest BCUT2D eigenvalue weighted by molar-refractivity contribution is 5.87. The van der Waals surface area contributed by atoms with Crippen molar-refractivity contribution in [2.24, 2.45) is 0 Å². The number of nitrogens with one attached hydrogen (secondary N) is 2. The third-order valence-corrected chi connectivity index (χ3v) is 7.69. The smallest absolute Gasteiger partial charge is 0.328 e. The first-order chi connectivity index (χ1) is 21.8. The number of unbranched alkanes of at least 4 members (excludes halogenated alkanes) is 15. The molecule has 260 valence electrons. The van der Waals surface area contributed by atoms with Gasteiger partial charge in [-0.05, 0) is 44.6 Å². The molecule has 9 heteroatoms. The van der Waals surface area contributed by atoms with E-state index < -0.39 is 24.5 Å². The molecular formula is C36H64N2O7. The Labute approximate surface area is 273 Å². The molecule has 0 heterocycles. The number of aliphatic hydroxyl groups excluding tert-OH is 1. The van der Waals surface area contributed by atoms with Crippen molar-refractivity contribution in [3.63, 3.8) is 0 Å². The average molecular weight is 637 g/mol. The fourth-order valence-corrected chi connectivity index (χ4v) is 4.88. The Morgan fingerprint density at radius 1 is 0.689 bits per heavy atom. The summed E-state index contributed by atoms with van der Waals surface area (Å²) < 4.78 is 5.83. The van der Waals surface area contributed by atoms with E-state index in [-0.39, 0.29) is 30.9 Å². The molecule has 0 aliphatic carbocycles. The summed E-state index contributed by atoms with van der Waals surface area (Å²) in [5.41, 5.74) is 0. The number of hydrogen-bond acceptors (Lipinski definition) is 6. The van der Waals surface area contributed by atoms with Crippen molar-refractivity contribution in [2.75, 3.05) is 13.2 Å².